The largest absolute Gasteiger partial charge is 0.356 e. The van der Waals surface area contributed by atoms with Crippen LogP contribution in [0, 0.1) is 19.8 Å². The highest BCUT2D eigenvalue weighted by atomic mass is 32.1. The number of hydrogen-bond acceptors (Lipinski definition) is 5. The molecule has 0 unspecified atom stereocenters. The SMILES string of the molecule is Cc1cc(C)c2nc(N3CCC[C@H](C(=O)NCCCN4[C@@H](C)CCC[C@@H]4C)C3)sc2c1. The zero-order chi connectivity index (χ0) is 22.0. The summed E-state index contributed by atoms with van der Waals surface area (Å²) in [6.45, 7) is 12.6. The van der Waals surface area contributed by atoms with E-state index < -0.39 is 0 Å². The van der Waals surface area contributed by atoms with Crippen molar-refractivity contribution < 1.29 is 4.79 Å². The summed E-state index contributed by atoms with van der Waals surface area (Å²) in [4.78, 5) is 22.7. The minimum atomic E-state index is 0.0661. The highest BCUT2D eigenvalue weighted by Gasteiger charge is 2.28. The molecule has 0 spiro atoms. The molecule has 5 nitrogen and oxygen atoms in total. The van der Waals surface area contributed by atoms with E-state index in [9.17, 15) is 4.79 Å². The van der Waals surface area contributed by atoms with Crippen molar-refractivity contribution in [1.29, 1.82) is 0 Å². The monoisotopic (exact) mass is 442 g/mol. The molecular formula is C25H38N4OS. The molecule has 1 aromatic heterocycles. The van der Waals surface area contributed by atoms with E-state index in [1.165, 1.54) is 35.1 Å². The Labute approximate surface area is 191 Å². The molecule has 1 amide bonds. The Hall–Kier alpha value is -1.66. The fourth-order valence-electron chi connectivity index (χ4n) is 5.39. The fraction of sp³-hybridized carbons (Fsp3) is 0.680. The van der Waals surface area contributed by atoms with E-state index in [1.807, 2.05) is 0 Å². The maximum absolute atomic E-state index is 12.9. The molecule has 31 heavy (non-hydrogen) atoms. The molecule has 2 fully saturated rings. The maximum atomic E-state index is 12.9. The van der Waals surface area contributed by atoms with Crippen LogP contribution >= 0.6 is 11.3 Å². The lowest BCUT2D eigenvalue weighted by Crippen LogP contribution is -2.46. The first-order valence-electron chi connectivity index (χ1n) is 12.1. The van der Waals surface area contributed by atoms with Crippen LogP contribution in [0.1, 0.15) is 63.5 Å². The standard InChI is InChI=1S/C25H38N4OS/c1-17-14-18(2)23-22(15-17)31-25(27-23)28-12-6-10-21(16-28)24(30)26-11-7-13-29-19(3)8-5-9-20(29)4/h14-15,19-21H,5-13,16H2,1-4H3,(H,26,30)/t19-,20-,21-/m0/s1. The van der Waals surface area contributed by atoms with Crippen molar-refractivity contribution in [2.75, 3.05) is 31.1 Å². The summed E-state index contributed by atoms with van der Waals surface area (Å²) in [5.74, 6) is 0.286. The number of rotatable bonds is 6. The Bertz CT molecular complexity index is 900. The second kappa shape index (κ2) is 9.86. The Morgan fingerprint density at radius 1 is 1.16 bits per heavy atom. The number of carbonyl (C=O) groups is 1. The average Bonchev–Trinajstić information content (AvgIpc) is 3.17. The van der Waals surface area contributed by atoms with Crippen LogP contribution in [0.5, 0.6) is 0 Å². The van der Waals surface area contributed by atoms with Crippen molar-refractivity contribution >= 4 is 32.6 Å². The van der Waals surface area contributed by atoms with Crippen LogP contribution < -0.4 is 10.2 Å². The van der Waals surface area contributed by atoms with Crippen molar-refractivity contribution in [3.8, 4) is 0 Å². The third-order valence-electron chi connectivity index (χ3n) is 7.15. The van der Waals surface area contributed by atoms with Crippen LogP contribution in [0.15, 0.2) is 12.1 Å². The topological polar surface area (TPSA) is 48.5 Å². The Balaban J connectivity index is 1.29. The number of amides is 1. The van der Waals surface area contributed by atoms with E-state index in [-0.39, 0.29) is 11.8 Å². The van der Waals surface area contributed by atoms with Gasteiger partial charge in [-0.25, -0.2) is 4.98 Å². The molecule has 0 radical (unpaired) electrons. The number of aromatic nitrogens is 1. The third kappa shape index (κ3) is 5.23. The summed E-state index contributed by atoms with van der Waals surface area (Å²) in [5.41, 5.74) is 3.63. The zero-order valence-corrected chi connectivity index (χ0v) is 20.4. The summed E-state index contributed by atoms with van der Waals surface area (Å²) in [6, 6.07) is 5.77. The van der Waals surface area contributed by atoms with Crippen molar-refractivity contribution in [1.82, 2.24) is 15.2 Å². The van der Waals surface area contributed by atoms with E-state index in [4.69, 9.17) is 4.98 Å². The summed E-state index contributed by atoms with van der Waals surface area (Å²) in [7, 11) is 0. The lowest BCUT2D eigenvalue weighted by Gasteiger charge is -2.39. The van der Waals surface area contributed by atoms with E-state index in [0.717, 1.165) is 56.1 Å². The van der Waals surface area contributed by atoms with Crippen LogP contribution in [0.2, 0.25) is 0 Å². The van der Waals surface area contributed by atoms with Crippen molar-refractivity contribution in [2.24, 2.45) is 5.92 Å². The van der Waals surface area contributed by atoms with Gasteiger partial charge in [-0.05, 0) is 77.0 Å². The van der Waals surface area contributed by atoms with Crippen LogP contribution in [-0.4, -0.2) is 54.1 Å². The second-order valence-electron chi connectivity index (χ2n) is 9.72. The molecule has 1 aromatic carbocycles. The molecule has 3 atom stereocenters. The van der Waals surface area contributed by atoms with E-state index >= 15 is 0 Å². The number of nitrogens with one attached hydrogen (secondary N) is 1. The van der Waals surface area contributed by atoms with Gasteiger partial charge in [-0.3, -0.25) is 9.69 Å². The third-order valence-corrected chi connectivity index (χ3v) is 8.21. The first kappa shape index (κ1) is 22.5. The molecule has 6 heteroatoms. The number of hydrogen-bond donors (Lipinski definition) is 1. The lowest BCUT2D eigenvalue weighted by atomic mass is 9.97. The number of likely N-dealkylation sites (tertiary alicyclic amines) is 1. The molecule has 3 heterocycles. The summed E-state index contributed by atoms with van der Waals surface area (Å²) in [5, 5.41) is 4.29. The molecule has 4 rings (SSSR count). The van der Waals surface area contributed by atoms with Crippen molar-refractivity contribution in [2.45, 2.75) is 78.3 Å². The number of nitrogens with zero attached hydrogens (tertiary/aromatic N) is 3. The number of piperidine rings is 2. The molecule has 0 bridgehead atoms. The van der Waals surface area contributed by atoms with Gasteiger partial charge >= 0.3 is 0 Å². The maximum Gasteiger partial charge on any atom is 0.224 e. The Kier molecular flexibility index (Phi) is 7.17. The highest BCUT2D eigenvalue weighted by Crippen LogP contribution is 2.33. The summed E-state index contributed by atoms with van der Waals surface area (Å²) < 4.78 is 1.25. The number of carbonyl (C=O) groups excluding carboxylic acids is 1. The van der Waals surface area contributed by atoms with Crippen LogP contribution in [0.4, 0.5) is 5.13 Å². The molecule has 2 aliphatic heterocycles. The minimum Gasteiger partial charge on any atom is -0.356 e. The molecule has 0 aliphatic carbocycles. The normalized spacial score (nSPS) is 25.2. The molecule has 0 saturated carbocycles. The first-order chi connectivity index (χ1) is 14.9. The number of benzene rings is 1. The van der Waals surface area contributed by atoms with Gasteiger partial charge in [0, 0.05) is 38.3 Å². The predicted molar refractivity (Wildman–Crippen MR) is 131 cm³/mol. The van der Waals surface area contributed by atoms with Crippen molar-refractivity contribution in [3.05, 3.63) is 23.3 Å². The van der Waals surface area contributed by atoms with E-state index in [1.54, 1.807) is 11.3 Å². The summed E-state index contributed by atoms with van der Waals surface area (Å²) >= 11 is 1.76. The average molecular weight is 443 g/mol. The zero-order valence-electron chi connectivity index (χ0n) is 19.6. The Morgan fingerprint density at radius 2 is 1.94 bits per heavy atom. The number of anilines is 1. The quantitative estimate of drug-likeness (QED) is 0.647. The van der Waals surface area contributed by atoms with Gasteiger partial charge in [0.25, 0.3) is 0 Å². The van der Waals surface area contributed by atoms with Crippen molar-refractivity contribution in [3.63, 3.8) is 0 Å². The number of aryl methyl sites for hydroxylation is 2. The molecule has 1 N–H and O–H groups in total. The first-order valence-corrected chi connectivity index (χ1v) is 12.9. The van der Waals surface area contributed by atoms with Crippen LogP contribution in [0.25, 0.3) is 10.2 Å². The van der Waals surface area contributed by atoms with Gasteiger partial charge in [0.05, 0.1) is 16.1 Å². The molecule has 2 aromatic rings. The smallest absolute Gasteiger partial charge is 0.224 e. The van der Waals surface area contributed by atoms with Crippen LogP contribution in [0.3, 0.4) is 0 Å². The molecule has 2 aliphatic rings. The number of thiazole rings is 1. The van der Waals surface area contributed by atoms with Gasteiger partial charge in [-0.1, -0.05) is 23.8 Å². The summed E-state index contributed by atoms with van der Waals surface area (Å²) in [6.07, 6.45) is 7.02. The Morgan fingerprint density at radius 3 is 2.71 bits per heavy atom. The highest BCUT2D eigenvalue weighted by molar-refractivity contribution is 7.22. The fourth-order valence-corrected chi connectivity index (χ4v) is 6.57. The van der Waals surface area contributed by atoms with Gasteiger partial charge < -0.3 is 10.2 Å². The van der Waals surface area contributed by atoms with E-state index in [2.05, 4.69) is 54.9 Å². The molecule has 170 valence electrons. The molecular weight excluding hydrogens is 404 g/mol. The lowest BCUT2D eigenvalue weighted by molar-refractivity contribution is -0.125. The minimum absolute atomic E-state index is 0.0661. The second-order valence-corrected chi connectivity index (χ2v) is 10.7. The van der Waals surface area contributed by atoms with Gasteiger partial charge in [0.2, 0.25) is 5.91 Å². The van der Waals surface area contributed by atoms with Gasteiger partial charge in [-0.15, -0.1) is 0 Å². The van der Waals surface area contributed by atoms with Gasteiger partial charge in [0.1, 0.15) is 0 Å². The van der Waals surface area contributed by atoms with Gasteiger partial charge in [0.15, 0.2) is 5.13 Å². The van der Waals surface area contributed by atoms with E-state index in [0.29, 0.717) is 12.1 Å². The van der Waals surface area contributed by atoms with Gasteiger partial charge in [-0.2, -0.15) is 0 Å². The number of fused-ring (bicyclic) bond motifs is 1. The predicted octanol–water partition coefficient (Wildman–Crippen LogP) is 4.90. The van der Waals surface area contributed by atoms with Crippen LogP contribution in [-0.2, 0) is 4.79 Å². The molecule has 2 saturated heterocycles.